The number of isocyanates is 1. The number of hydrogen-bond donors (Lipinski definition) is 0. The number of nitrogens with zero attached hydrogens (tertiary/aromatic N) is 2. The summed E-state index contributed by atoms with van der Waals surface area (Å²) in [4.78, 5) is 24.0. The maximum Gasteiger partial charge on any atom is 0.275 e. The Morgan fingerprint density at radius 2 is 1.67 bits per heavy atom. The molecular weight excluding hydrogens is 272 g/mol. The van der Waals surface area contributed by atoms with Crippen LogP contribution in [0.2, 0.25) is 0 Å². The summed E-state index contributed by atoms with van der Waals surface area (Å²) in [6.45, 7) is 3.85. The summed E-state index contributed by atoms with van der Waals surface area (Å²) in [6, 6.07) is 9.52. The molecule has 0 aliphatic rings. The van der Waals surface area contributed by atoms with Crippen LogP contribution in [0.3, 0.4) is 0 Å². The van der Waals surface area contributed by atoms with E-state index in [1.165, 1.54) is 24.3 Å². The largest absolute Gasteiger partial charge is 0.457 e. The maximum atomic E-state index is 10.9. The monoisotopic (exact) mass is 284 g/mol. The molecule has 0 spiro atoms. The van der Waals surface area contributed by atoms with Crippen LogP contribution < -0.4 is 4.74 Å². The number of ether oxygens (including phenoxy) is 1. The van der Waals surface area contributed by atoms with Crippen molar-refractivity contribution in [2.75, 3.05) is 0 Å². The van der Waals surface area contributed by atoms with Crippen LogP contribution in [0.1, 0.15) is 11.1 Å². The van der Waals surface area contributed by atoms with Gasteiger partial charge in [0.05, 0.1) is 16.7 Å². The SMILES string of the molecule is Cc1cc(C)cc(Oc2cc(N=C=O)cc([N+](=O)[O-])c2)c1. The molecular formula is C15H12N2O4. The van der Waals surface area contributed by atoms with Gasteiger partial charge in [0.15, 0.2) is 0 Å². The smallest absolute Gasteiger partial charge is 0.275 e. The van der Waals surface area contributed by atoms with E-state index < -0.39 is 4.92 Å². The van der Waals surface area contributed by atoms with Crippen molar-refractivity contribution in [1.29, 1.82) is 0 Å². The van der Waals surface area contributed by atoms with Crippen LogP contribution >= 0.6 is 0 Å². The lowest BCUT2D eigenvalue weighted by Crippen LogP contribution is -1.91. The Morgan fingerprint density at radius 3 is 2.24 bits per heavy atom. The highest BCUT2D eigenvalue weighted by molar-refractivity contribution is 5.58. The number of nitro groups is 1. The normalized spacial score (nSPS) is 9.81. The van der Waals surface area contributed by atoms with Gasteiger partial charge in [-0.25, -0.2) is 4.79 Å². The van der Waals surface area contributed by atoms with E-state index in [1.807, 2.05) is 32.0 Å². The lowest BCUT2D eigenvalue weighted by Gasteiger charge is -2.08. The average Bonchev–Trinajstić information content (AvgIpc) is 2.37. The zero-order valence-corrected chi connectivity index (χ0v) is 11.5. The first-order valence-electron chi connectivity index (χ1n) is 6.11. The maximum absolute atomic E-state index is 10.9. The molecule has 0 heterocycles. The number of hydrogen-bond acceptors (Lipinski definition) is 5. The number of benzene rings is 2. The van der Waals surface area contributed by atoms with Crippen LogP contribution in [0.25, 0.3) is 0 Å². The van der Waals surface area contributed by atoms with Gasteiger partial charge in [0.1, 0.15) is 11.5 Å². The molecule has 0 unspecified atom stereocenters. The van der Waals surface area contributed by atoms with Gasteiger partial charge in [-0.3, -0.25) is 10.1 Å². The summed E-state index contributed by atoms with van der Waals surface area (Å²) in [5.41, 5.74) is 1.95. The van der Waals surface area contributed by atoms with E-state index >= 15 is 0 Å². The number of nitro benzene ring substituents is 1. The van der Waals surface area contributed by atoms with Crippen molar-refractivity contribution in [2.24, 2.45) is 4.99 Å². The van der Waals surface area contributed by atoms with Crippen molar-refractivity contribution in [2.45, 2.75) is 13.8 Å². The molecule has 6 heteroatoms. The van der Waals surface area contributed by atoms with Gasteiger partial charge in [-0.1, -0.05) is 6.07 Å². The van der Waals surface area contributed by atoms with E-state index in [0.717, 1.165) is 11.1 Å². The van der Waals surface area contributed by atoms with Gasteiger partial charge in [0.2, 0.25) is 6.08 Å². The van der Waals surface area contributed by atoms with Crippen molar-refractivity contribution in [1.82, 2.24) is 0 Å². The number of non-ortho nitro benzene ring substituents is 1. The third kappa shape index (κ3) is 3.75. The number of aryl methyl sites for hydroxylation is 2. The van der Waals surface area contributed by atoms with Gasteiger partial charge >= 0.3 is 0 Å². The first-order chi connectivity index (χ1) is 9.97. The van der Waals surface area contributed by atoms with Crippen LogP contribution in [0, 0.1) is 24.0 Å². The van der Waals surface area contributed by atoms with Gasteiger partial charge in [-0.05, 0) is 37.1 Å². The van der Waals surface area contributed by atoms with E-state index in [1.54, 1.807) is 0 Å². The molecule has 106 valence electrons. The summed E-state index contributed by atoms with van der Waals surface area (Å²) < 4.78 is 5.62. The number of carbonyl (C=O) groups excluding carboxylic acids is 1. The third-order valence-electron chi connectivity index (χ3n) is 2.69. The highest BCUT2D eigenvalue weighted by Gasteiger charge is 2.11. The van der Waals surface area contributed by atoms with Crippen LogP contribution in [-0.4, -0.2) is 11.0 Å². The molecule has 0 aliphatic heterocycles. The molecule has 0 radical (unpaired) electrons. The predicted octanol–water partition coefficient (Wildman–Crippen LogP) is 3.97. The van der Waals surface area contributed by atoms with Gasteiger partial charge < -0.3 is 4.74 Å². The molecule has 0 amide bonds. The van der Waals surface area contributed by atoms with Crippen molar-refractivity contribution in [3.63, 3.8) is 0 Å². The number of rotatable bonds is 4. The minimum absolute atomic E-state index is 0.124. The van der Waals surface area contributed by atoms with Crippen LogP contribution in [-0.2, 0) is 4.79 Å². The van der Waals surface area contributed by atoms with Crippen molar-refractivity contribution >= 4 is 17.5 Å². The van der Waals surface area contributed by atoms with Crippen molar-refractivity contribution in [3.05, 3.63) is 57.6 Å². The highest BCUT2D eigenvalue weighted by atomic mass is 16.6. The molecule has 0 N–H and O–H groups in total. The summed E-state index contributed by atoms with van der Waals surface area (Å²) in [7, 11) is 0. The fourth-order valence-electron chi connectivity index (χ4n) is 1.98. The zero-order chi connectivity index (χ0) is 15.4. The molecule has 21 heavy (non-hydrogen) atoms. The van der Waals surface area contributed by atoms with Crippen LogP contribution in [0.15, 0.2) is 41.4 Å². The Bertz CT molecular complexity index is 709. The third-order valence-corrected chi connectivity index (χ3v) is 2.69. The molecule has 0 fully saturated rings. The standard InChI is InChI=1S/C15H12N2O4/c1-10-3-11(2)5-14(4-10)21-15-7-12(16-9-18)6-13(8-15)17(19)20/h3-8H,1-2H3. The lowest BCUT2D eigenvalue weighted by atomic mass is 10.1. The summed E-state index contributed by atoms with van der Waals surface area (Å²) in [5.74, 6) is 0.803. The Kier molecular flexibility index (Phi) is 4.11. The minimum Gasteiger partial charge on any atom is -0.457 e. The Morgan fingerprint density at radius 1 is 1.05 bits per heavy atom. The predicted molar refractivity (Wildman–Crippen MR) is 76.9 cm³/mol. The first-order valence-corrected chi connectivity index (χ1v) is 6.11. The highest BCUT2D eigenvalue weighted by Crippen LogP contribution is 2.31. The zero-order valence-electron chi connectivity index (χ0n) is 11.5. The Hall–Kier alpha value is -2.98. The Balaban J connectivity index is 2.42. The topological polar surface area (TPSA) is 81.8 Å². The number of aliphatic imine (C=N–C) groups is 1. The second-order valence-corrected chi connectivity index (χ2v) is 4.57. The van der Waals surface area contributed by atoms with E-state index in [0.29, 0.717) is 5.75 Å². The van der Waals surface area contributed by atoms with Crippen molar-refractivity contribution in [3.8, 4) is 11.5 Å². The van der Waals surface area contributed by atoms with Gasteiger partial charge in [-0.2, -0.15) is 4.99 Å². The molecule has 0 aliphatic carbocycles. The Labute approximate surface area is 120 Å². The average molecular weight is 284 g/mol. The van der Waals surface area contributed by atoms with E-state index in [4.69, 9.17) is 4.74 Å². The van der Waals surface area contributed by atoms with E-state index in [-0.39, 0.29) is 17.1 Å². The summed E-state index contributed by atoms with van der Waals surface area (Å²) >= 11 is 0. The quantitative estimate of drug-likeness (QED) is 0.368. The molecule has 0 atom stereocenters. The molecule has 2 aromatic rings. The van der Waals surface area contributed by atoms with Crippen LogP contribution in [0.5, 0.6) is 11.5 Å². The fourth-order valence-corrected chi connectivity index (χ4v) is 1.98. The van der Waals surface area contributed by atoms with E-state index in [2.05, 4.69) is 4.99 Å². The second kappa shape index (κ2) is 5.98. The van der Waals surface area contributed by atoms with E-state index in [9.17, 15) is 14.9 Å². The molecule has 2 rings (SSSR count). The minimum atomic E-state index is -0.571. The molecule has 0 bridgehead atoms. The molecule has 0 saturated heterocycles. The summed E-state index contributed by atoms with van der Waals surface area (Å²) in [5, 5.41) is 10.9. The first kappa shape index (κ1) is 14.4. The van der Waals surface area contributed by atoms with Gasteiger partial charge in [0.25, 0.3) is 5.69 Å². The molecule has 0 saturated carbocycles. The molecule has 6 nitrogen and oxygen atoms in total. The fraction of sp³-hybridized carbons (Fsp3) is 0.133. The van der Waals surface area contributed by atoms with Crippen molar-refractivity contribution < 1.29 is 14.5 Å². The van der Waals surface area contributed by atoms with Gasteiger partial charge in [-0.15, -0.1) is 0 Å². The molecule has 0 aromatic heterocycles. The molecule has 2 aromatic carbocycles. The van der Waals surface area contributed by atoms with Gasteiger partial charge in [0, 0.05) is 12.1 Å². The lowest BCUT2D eigenvalue weighted by molar-refractivity contribution is -0.384. The van der Waals surface area contributed by atoms with Crippen LogP contribution in [0.4, 0.5) is 11.4 Å². The summed E-state index contributed by atoms with van der Waals surface area (Å²) in [6.07, 6.45) is 1.36. The second-order valence-electron chi connectivity index (χ2n) is 4.57.